The van der Waals surface area contributed by atoms with Gasteiger partial charge in [-0.05, 0) is 41.9 Å². The lowest BCUT2D eigenvalue weighted by Gasteiger charge is -2.34. The van der Waals surface area contributed by atoms with Crippen molar-refractivity contribution in [3.63, 3.8) is 0 Å². The average Bonchev–Trinajstić information content (AvgIpc) is 3.21. The molecule has 1 saturated heterocycles. The Morgan fingerprint density at radius 1 is 1.03 bits per heavy atom. The lowest BCUT2D eigenvalue weighted by Crippen LogP contribution is -2.46. The molecule has 5 heteroatoms. The van der Waals surface area contributed by atoms with Gasteiger partial charge in [-0.3, -0.25) is 9.59 Å². The Morgan fingerprint density at radius 3 is 2.42 bits per heavy atom. The summed E-state index contributed by atoms with van der Waals surface area (Å²) in [5.41, 5.74) is 3.34. The molecule has 162 valence electrons. The molecule has 1 unspecified atom stereocenters. The number of amides is 2. The monoisotopic (exact) mass is 417 g/mol. The number of nitrogens with zero attached hydrogens (tertiary/aromatic N) is 1. The highest BCUT2D eigenvalue weighted by Gasteiger charge is 2.31. The number of carbonyl (C=O) groups excluding carboxylic acids is 2. The average molecular weight is 418 g/mol. The minimum Gasteiger partial charge on any atom is -0.361 e. The molecule has 31 heavy (non-hydrogen) atoms. The van der Waals surface area contributed by atoms with Gasteiger partial charge in [0, 0.05) is 36.6 Å². The summed E-state index contributed by atoms with van der Waals surface area (Å²) in [5, 5.41) is 4.26. The van der Waals surface area contributed by atoms with Crippen LogP contribution in [0.5, 0.6) is 0 Å². The summed E-state index contributed by atoms with van der Waals surface area (Å²) in [6, 6.07) is 17.3. The zero-order valence-corrected chi connectivity index (χ0v) is 18.3. The van der Waals surface area contributed by atoms with Crippen LogP contribution in [0, 0.1) is 5.92 Å². The molecule has 1 atom stereocenters. The van der Waals surface area contributed by atoms with E-state index in [0.717, 1.165) is 23.9 Å². The Hall–Kier alpha value is -3.08. The Morgan fingerprint density at radius 2 is 1.71 bits per heavy atom. The maximum absolute atomic E-state index is 13.4. The van der Waals surface area contributed by atoms with Crippen molar-refractivity contribution in [2.24, 2.45) is 5.92 Å². The van der Waals surface area contributed by atoms with E-state index in [2.05, 4.69) is 34.7 Å². The number of H-pyrrole nitrogens is 1. The molecule has 0 bridgehead atoms. The first-order chi connectivity index (χ1) is 15.0. The second-order valence-corrected chi connectivity index (χ2v) is 8.90. The summed E-state index contributed by atoms with van der Waals surface area (Å²) in [5.74, 6) is 0.593. The van der Waals surface area contributed by atoms with Gasteiger partial charge in [0.1, 0.15) is 6.04 Å². The first kappa shape index (κ1) is 21.2. The molecule has 5 nitrogen and oxygen atoms in total. The van der Waals surface area contributed by atoms with E-state index in [1.54, 1.807) is 0 Å². The molecule has 2 N–H and O–H groups in total. The van der Waals surface area contributed by atoms with Crippen molar-refractivity contribution in [2.75, 3.05) is 13.1 Å². The number of hydrogen-bond acceptors (Lipinski definition) is 2. The standard InChI is InChI=1S/C26H31N3O2/c1-18(2)16-24(30)28-25(20-8-4-3-5-9-20)26(31)29-14-12-19(13-15-29)22-17-27-23-11-7-6-10-21(22)23/h3-11,17-19,25,27H,12-16H2,1-2H3,(H,28,30). The number of nitrogens with one attached hydrogen (secondary N) is 2. The first-order valence-electron chi connectivity index (χ1n) is 11.2. The van der Waals surface area contributed by atoms with Crippen LogP contribution < -0.4 is 5.32 Å². The molecule has 1 aliphatic heterocycles. The molecule has 0 spiro atoms. The lowest BCUT2D eigenvalue weighted by atomic mass is 9.88. The first-order valence-corrected chi connectivity index (χ1v) is 11.2. The zero-order valence-electron chi connectivity index (χ0n) is 18.3. The van der Waals surface area contributed by atoms with E-state index in [9.17, 15) is 9.59 Å². The second kappa shape index (κ2) is 9.38. The highest BCUT2D eigenvalue weighted by atomic mass is 16.2. The van der Waals surface area contributed by atoms with Crippen LogP contribution in [0.4, 0.5) is 0 Å². The van der Waals surface area contributed by atoms with Crippen molar-refractivity contribution in [3.05, 3.63) is 71.9 Å². The number of para-hydroxylation sites is 1. The van der Waals surface area contributed by atoms with Gasteiger partial charge in [0.2, 0.25) is 11.8 Å². The molecule has 2 aromatic carbocycles. The van der Waals surface area contributed by atoms with E-state index in [4.69, 9.17) is 0 Å². The van der Waals surface area contributed by atoms with Crippen LogP contribution >= 0.6 is 0 Å². The summed E-state index contributed by atoms with van der Waals surface area (Å²) in [4.78, 5) is 31.2. The van der Waals surface area contributed by atoms with Crippen LogP contribution in [-0.4, -0.2) is 34.8 Å². The molecular weight excluding hydrogens is 386 g/mol. The molecule has 1 aromatic heterocycles. The van der Waals surface area contributed by atoms with Crippen molar-refractivity contribution in [2.45, 2.75) is 45.1 Å². The van der Waals surface area contributed by atoms with Gasteiger partial charge in [0.15, 0.2) is 0 Å². The van der Waals surface area contributed by atoms with E-state index in [1.807, 2.05) is 55.1 Å². The van der Waals surface area contributed by atoms with Crippen LogP contribution in [0.3, 0.4) is 0 Å². The van der Waals surface area contributed by atoms with Crippen LogP contribution in [0.2, 0.25) is 0 Å². The summed E-state index contributed by atoms with van der Waals surface area (Å²) >= 11 is 0. The fourth-order valence-corrected chi connectivity index (χ4v) is 4.55. The van der Waals surface area contributed by atoms with Gasteiger partial charge >= 0.3 is 0 Å². The van der Waals surface area contributed by atoms with Crippen LogP contribution in [0.15, 0.2) is 60.8 Å². The Balaban J connectivity index is 1.46. The van der Waals surface area contributed by atoms with Crippen LogP contribution in [0.25, 0.3) is 10.9 Å². The molecule has 2 amide bonds. The number of benzene rings is 2. The summed E-state index contributed by atoms with van der Waals surface area (Å²) in [6.07, 6.45) is 4.38. The number of carbonyl (C=O) groups is 2. The highest BCUT2D eigenvalue weighted by molar-refractivity contribution is 5.89. The van der Waals surface area contributed by atoms with E-state index in [0.29, 0.717) is 25.4 Å². The Bertz CT molecular complexity index is 1030. The number of piperidine rings is 1. The molecule has 1 aliphatic rings. The number of rotatable bonds is 6. The van der Waals surface area contributed by atoms with Crippen molar-refractivity contribution in [1.82, 2.24) is 15.2 Å². The van der Waals surface area contributed by atoms with E-state index >= 15 is 0 Å². The Kier molecular flexibility index (Phi) is 6.40. The van der Waals surface area contributed by atoms with Crippen LogP contribution in [-0.2, 0) is 9.59 Å². The molecule has 1 fully saturated rings. The van der Waals surface area contributed by atoms with Gasteiger partial charge in [0.25, 0.3) is 0 Å². The maximum Gasteiger partial charge on any atom is 0.249 e. The van der Waals surface area contributed by atoms with Crippen molar-refractivity contribution >= 4 is 22.7 Å². The van der Waals surface area contributed by atoms with Gasteiger partial charge in [-0.1, -0.05) is 62.4 Å². The van der Waals surface area contributed by atoms with Gasteiger partial charge in [-0.2, -0.15) is 0 Å². The molecule has 4 rings (SSSR count). The van der Waals surface area contributed by atoms with E-state index in [1.165, 1.54) is 10.9 Å². The highest BCUT2D eigenvalue weighted by Crippen LogP contribution is 2.33. The minimum atomic E-state index is -0.628. The van der Waals surface area contributed by atoms with Crippen LogP contribution in [0.1, 0.15) is 56.2 Å². The number of aromatic amines is 1. The molecule has 3 aromatic rings. The van der Waals surface area contributed by atoms with Crippen molar-refractivity contribution < 1.29 is 9.59 Å². The molecule has 0 radical (unpaired) electrons. The fraction of sp³-hybridized carbons (Fsp3) is 0.385. The molecule has 0 saturated carbocycles. The smallest absolute Gasteiger partial charge is 0.249 e. The van der Waals surface area contributed by atoms with Gasteiger partial charge in [-0.25, -0.2) is 0 Å². The normalized spacial score (nSPS) is 15.9. The lowest BCUT2D eigenvalue weighted by molar-refractivity contribution is -0.137. The maximum atomic E-state index is 13.4. The topological polar surface area (TPSA) is 65.2 Å². The van der Waals surface area contributed by atoms with Crippen molar-refractivity contribution in [3.8, 4) is 0 Å². The Labute approximate surface area is 183 Å². The SMILES string of the molecule is CC(C)CC(=O)NC(C(=O)N1CCC(c2c[nH]c3ccccc23)CC1)c1ccccc1. The minimum absolute atomic E-state index is 0.0133. The number of fused-ring (bicyclic) bond motifs is 1. The van der Waals surface area contributed by atoms with E-state index < -0.39 is 6.04 Å². The summed E-state index contributed by atoms with van der Waals surface area (Å²) < 4.78 is 0. The van der Waals surface area contributed by atoms with Crippen molar-refractivity contribution in [1.29, 1.82) is 0 Å². The summed E-state index contributed by atoms with van der Waals surface area (Å²) in [6.45, 7) is 5.42. The largest absolute Gasteiger partial charge is 0.361 e. The second-order valence-electron chi connectivity index (χ2n) is 8.90. The fourth-order valence-electron chi connectivity index (χ4n) is 4.55. The predicted molar refractivity (Wildman–Crippen MR) is 124 cm³/mol. The number of hydrogen-bond donors (Lipinski definition) is 2. The predicted octanol–water partition coefficient (Wildman–Crippen LogP) is 4.78. The summed E-state index contributed by atoms with van der Waals surface area (Å²) in [7, 11) is 0. The zero-order chi connectivity index (χ0) is 21.8. The molecular formula is C26H31N3O2. The van der Waals surface area contributed by atoms with Gasteiger partial charge in [-0.15, -0.1) is 0 Å². The molecule has 0 aliphatic carbocycles. The van der Waals surface area contributed by atoms with E-state index in [-0.39, 0.29) is 17.7 Å². The number of aromatic nitrogens is 1. The quantitative estimate of drug-likeness (QED) is 0.606. The van der Waals surface area contributed by atoms with Gasteiger partial charge in [0.05, 0.1) is 0 Å². The number of likely N-dealkylation sites (tertiary alicyclic amines) is 1. The third kappa shape index (κ3) is 4.82. The molecule has 2 heterocycles. The van der Waals surface area contributed by atoms with Gasteiger partial charge < -0.3 is 15.2 Å². The third-order valence-corrected chi connectivity index (χ3v) is 6.15. The third-order valence-electron chi connectivity index (χ3n) is 6.15.